The molecule has 0 aliphatic heterocycles. The van der Waals surface area contributed by atoms with Crippen LogP contribution in [0, 0.1) is 0 Å². The van der Waals surface area contributed by atoms with Crippen LogP contribution in [0.4, 0.5) is 0 Å². The Morgan fingerprint density at radius 1 is 0.606 bits per heavy atom. The maximum absolute atomic E-state index is 11.7. The molecule has 0 aromatic carbocycles. The average Bonchev–Trinajstić information content (AvgIpc) is 2.82. The van der Waals surface area contributed by atoms with Crippen molar-refractivity contribution in [1.29, 1.82) is 0 Å². The molecule has 0 saturated carbocycles. The molecule has 0 aliphatic rings. The molecule has 0 radical (unpaired) electrons. The minimum atomic E-state index is -1.53. The van der Waals surface area contributed by atoms with E-state index in [1.807, 2.05) is 0 Å². The predicted molar refractivity (Wildman–Crippen MR) is 134 cm³/mol. The zero-order chi connectivity index (χ0) is 24.6. The molecule has 0 heterocycles. The second kappa shape index (κ2) is 24.4. The van der Waals surface area contributed by atoms with Crippen LogP contribution < -0.4 is 0 Å². The van der Waals surface area contributed by atoms with Gasteiger partial charge in [0.05, 0.1) is 6.61 Å². The van der Waals surface area contributed by atoms with Crippen molar-refractivity contribution in [1.82, 2.24) is 0 Å². The van der Waals surface area contributed by atoms with E-state index in [0.29, 0.717) is 6.42 Å². The van der Waals surface area contributed by atoms with Crippen molar-refractivity contribution in [2.45, 2.75) is 154 Å². The number of carbonyl (C=O) groups is 1. The Balaban J connectivity index is 3.28. The van der Waals surface area contributed by atoms with Gasteiger partial charge in [-0.25, -0.2) is 0 Å². The number of hydrogen-bond acceptors (Lipinski definition) is 6. The van der Waals surface area contributed by atoms with E-state index < -0.39 is 30.9 Å². The van der Waals surface area contributed by atoms with Crippen molar-refractivity contribution in [2.24, 2.45) is 0 Å². The summed E-state index contributed by atoms with van der Waals surface area (Å²) in [7, 11) is 0. The summed E-state index contributed by atoms with van der Waals surface area (Å²) in [6.45, 7) is 1.23. The third kappa shape index (κ3) is 21.6. The minimum absolute atomic E-state index is 0.296. The predicted octanol–water partition coefficient (Wildman–Crippen LogP) is 5.43. The van der Waals surface area contributed by atoms with Gasteiger partial charge < -0.3 is 25.2 Å². The highest BCUT2D eigenvalue weighted by Gasteiger charge is 2.25. The quantitative estimate of drug-likeness (QED) is 0.104. The van der Waals surface area contributed by atoms with Crippen LogP contribution in [0.25, 0.3) is 0 Å². The second-order valence-corrected chi connectivity index (χ2v) is 9.60. The summed E-state index contributed by atoms with van der Waals surface area (Å²) < 4.78 is 4.91. The number of aliphatic hydroxyl groups is 4. The zero-order valence-electron chi connectivity index (χ0n) is 21.4. The lowest BCUT2D eigenvalue weighted by Gasteiger charge is -2.21. The minimum Gasteiger partial charge on any atom is -0.463 e. The van der Waals surface area contributed by atoms with Gasteiger partial charge in [0.2, 0.25) is 0 Å². The van der Waals surface area contributed by atoms with Gasteiger partial charge in [0.15, 0.2) is 0 Å². The molecular formula is C27H54O6. The first-order chi connectivity index (χ1) is 16.0. The molecule has 0 fully saturated rings. The van der Waals surface area contributed by atoms with E-state index in [9.17, 15) is 20.1 Å². The molecule has 3 atom stereocenters. The summed E-state index contributed by atoms with van der Waals surface area (Å²) in [6.07, 6.45) is 20.7. The molecule has 0 saturated heterocycles. The molecule has 198 valence electrons. The van der Waals surface area contributed by atoms with E-state index in [4.69, 9.17) is 9.84 Å². The monoisotopic (exact) mass is 474 g/mol. The van der Waals surface area contributed by atoms with Gasteiger partial charge in [0.1, 0.15) is 24.9 Å². The molecule has 6 nitrogen and oxygen atoms in total. The summed E-state index contributed by atoms with van der Waals surface area (Å²) in [5.74, 6) is -0.410. The van der Waals surface area contributed by atoms with E-state index in [-0.39, 0.29) is 6.61 Å². The molecular weight excluding hydrogens is 420 g/mol. The number of carbonyl (C=O) groups excluding carboxylic acids is 1. The highest BCUT2D eigenvalue weighted by molar-refractivity contribution is 5.69. The maximum atomic E-state index is 11.7. The highest BCUT2D eigenvalue weighted by Crippen LogP contribution is 2.15. The fourth-order valence-electron chi connectivity index (χ4n) is 4.06. The summed E-state index contributed by atoms with van der Waals surface area (Å²) in [4.78, 5) is 11.7. The van der Waals surface area contributed by atoms with Crippen molar-refractivity contribution in [3.63, 3.8) is 0 Å². The lowest BCUT2D eigenvalue weighted by Crippen LogP contribution is -2.42. The molecule has 0 unspecified atom stereocenters. The lowest BCUT2D eigenvalue weighted by molar-refractivity contribution is -0.152. The molecule has 6 heteroatoms. The third-order valence-electron chi connectivity index (χ3n) is 6.38. The van der Waals surface area contributed by atoms with Crippen LogP contribution in [0.1, 0.15) is 135 Å². The summed E-state index contributed by atoms with van der Waals surface area (Å²) in [5.41, 5.74) is 0. The van der Waals surface area contributed by atoms with Crippen LogP contribution in [0.2, 0.25) is 0 Å². The Bertz CT molecular complexity index is 417. The Morgan fingerprint density at radius 3 is 1.33 bits per heavy atom. The van der Waals surface area contributed by atoms with E-state index in [2.05, 4.69) is 6.92 Å². The second-order valence-electron chi connectivity index (χ2n) is 9.60. The number of esters is 1. The van der Waals surface area contributed by atoms with Crippen LogP contribution in [-0.2, 0) is 9.53 Å². The van der Waals surface area contributed by atoms with Crippen LogP contribution in [0.15, 0.2) is 0 Å². The largest absolute Gasteiger partial charge is 0.463 e. The van der Waals surface area contributed by atoms with Gasteiger partial charge in [-0.15, -0.1) is 0 Å². The molecule has 0 spiro atoms. The third-order valence-corrected chi connectivity index (χ3v) is 6.38. The zero-order valence-corrected chi connectivity index (χ0v) is 21.4. The van der Waals surface area contributed by atoms with Crippen molar-refractivity contribution >= 4 is 5.97 Å². The van der Waals surface area contributed by atoms with Gasteiger partial charge in [0, 0.05) is 6.42 Å². The van der Waals surface area contributed by atoms with E-state index >= 15 is 0 Å². The van der Waals surface area contributed by atoms with Gasteiger partial charge in [-0.05, 0) is 6.42 Å². The number of hydrogen-bond donors (Lipinski definition) is 4. The van der Waals surface area contributed by atoms with Gasteiger partial charge in [-0.1, -0.05) is 122 Å². The Kier molecular flexibility index (Phi) is 23.9. The normalized spacial score (nSPS) is 14.2. The first-order valence-electron chi connectivity index (χ1n) is 13.8. The smallest absolute Gasteiger partial charge is 0.305 e. The van der Waals surface area contributed by atoms with Crippen LogP contribution in [-0.4, -0.2) is 57.9 Å². The average molecular weight is 475 g/mol. The van der Waals surface area contributed by atoms with Crippen LogP contribution >= 0.6 is 0 Å². The van der Waals surface area contributed by atoms with Crippen molar-refractivity contribution < 1.29 is 30.0 Å². The molecule has 4 N–H and O–H groups in total. The van der Waals surface area contributed by atoms with Crippen molar-refractivity contribution in [3.8, 4) is 0 Å². The van der Waals surface area contributed by atoms with Crippen molar-refractivity contribution in [2.75, 3.05) is 13.2 Å². The van der Waals surface area contributed by atoms with Crippen LogP contribution in [0.5, 0.6) is 0 Å². The SMILES string of the molecule is CCCCCCCCCCCCCCCCCCCCCC(=O)OC[C@H](O)[C@@H](O)[C@H](O)CO. The Hall–Kier alpha value is -0.690. The molecule has 0 bridgehead atoms. The van der Waals surface area contributed by atoms with E-state index in [1.54, 1.807) is 0 Å². The first-order valence-corrected chi connectivity index (χ1v) is 13.8. The Morgan fingerprint density at radius 2 is 0.970 bits per heavy atom. The van der Waals surface area contributed by atoms with Gasteiger partial charge in [-0.2, -0.15) is 0 Å². The fraction of sp³-hybridized carbons (Fsp3) is 0.963. The number of ether oxygens (including phenoxy) is 1. The van der Waals surface area contributed by atoms with Gasteiger partial charge >= 0.3 is 5.97 Å². The summed E-state index contributed by atoms with van der Waals surface area (Å²) >= 11 is 0. The summed E-state index contributed by atoms with van der Waals surface area (Å²) in [5, 5.41) is 37.1. The highest BCUT2D eigenvalue weighted by atomic mass is 16.5. The molecule has 0 rings (SSSR count). The molecule has 33 heavy (non-hydrogen) atoms. The number of aliphatic hydroxyl groups excluding tert-OH is 4. The fourth-order valence-corrected chi connectivity index (χ4v) is 4.06. The first kappa shape index (κ1) is 32.3. The molecule has 0 amide bonds. The standard InChI is InChI=1S/C27H54O6/c1-2-3-4-5-6-7-8-9-10-11-12-13-14-15-16-17-18-19-20-21-26(31)33-23-25(30)27(32)24(29)22-28/h24-25,27-30,32H,2-23H2,1H3/t24-,25+,27+/m1/s1. The van der Waals surface area contributed by atoms with Crippen LogP contribution in [0.3, 0.4) is 0 Å². The van der Waals surface area contributed by atoms with Crippen molar-refractivity contribution in [3.05, 3.63) is 0 Å². The Labute approximate surface area is 203 Å². The topological polar surface area (TPSA) is 107 Å². The lowest BCUT2D eigenvalue weighted by atomic mass is 10.0. The maximum Gasteiger partial charge on any atom is 0.305 e. The summed E-state index contributed by atoms with van der Waals surface area (Å²) in [6, 6.07) is 0. The van der Waals surface area contributed by atoms with Gasteiger partial charge in [0.25, 0.3) is 0 Å². The number of unbranched alkanes of at least 4 members (excludes halogenated alkanes) is 18. The van der Waals surface area contributed by atoms with Gasteiger partial charge in [-0.3, -0.25) is 4.79 Å². The molecule has 0 aliphatic carbocycles. The van der Waals surface area contributed by atoms with E-state index in [0.717, 1.165) is 19.3 Å². The number of rotatable bonds is 25. The van der Waals surface area contributed by atoms with E-state index in [1.165, 1.54) is 103 Å². The molecule has 0 aromatic heterocycles. The molecule has 0 aromatic rings.